The lowest BCUT2D eigenvalue weighted by molar-refractivity contribution is -0.134. The number of halogens is 1. The van der Waals surface area contributed by atoms with Gasteiger partial charge in [-0.15, -0.1) is 12.4 Å². The number of ether oxygens (including phenoxy) is 2. The summed E-state index contributed by atoms with van der Waals surface area (Å²) in [6.07, 6.45) is 2.13. The van der Waals surface area contributed by atoms with Crippen LogP contribution in [-0.4, -0.2) is 43.6 Å². The number of rotatable bonds is 7. The van der Waals surface area contributed by atoms with E-state index in [-0.39, 0.29) is 24.9 Å². The van der Waals surface area contributed by atoms with Crippen LogP contribution >= 0.6 is 12.4 Å². The van der Waals surface area contributed by atoms with Gasteiger partial charge in [0.05, 0.1) is 0 Å². The molecule has 0 bridgehead atoms. The smallest absolute Gasteiger partial charge is 0.260 e. The fraction of sp³-hybridized carbons (Fsp3) is 0.381. The molecule has 1 unspecified atom stereocenters. The van der Waals surface area contributed by atoms with Crippen molar-refractivity contribution in [2.75, 3.05) is 26.7 Å². The van der Waals surface area contributed by atoms with Gasteiger partial charge in [-0.1, -0.05) is 42.5 Å². The van der Waals surface area contributed by atoms with Gasteiger partial charge in [0, 0.05) is 19.1 Å². The van der Waals surface area contributed by atoms with Gasteiger partial charge in [-0.3, -0.25) is 4.79 Å². The molecule has 27 heavy (non-hydrogen) atoms. The van der Waals surface area contributed by atoms with Crippen molar-refractivity contribution in [3.05, 3.63) is 60.2 Å². The number of nitrogens with one attached hydrogen (secondary N) is 1. The molecular weight excluding hydrogens is 364 g/mol. The van der Waals surface area contributed by atoms with Gasteiger partial charge in [-0.2, -0.15) is 0 Å². The lowest BCUT2D eigenvalue weighted by atomic mass is 10.1. The number of hydrogen-bond donors (Lipinski definition) is 1. The predicted molar refractivity (Wildman–Crippen MR) is 109 cm³/mol. The Labute approximate surface area is 167 Å². The largest absolute Gasteiger partial charge is 0.485 e. The first-order chi connectivity index (χ1) is 12.8. The molecule has 5 nitrogen and oxygen atoms in total. The molecule has 1 aliphatic rings. The van der Waals surface area contributed by atoms with E-state index in [1.165, 1.54) is 0 Å². The molecule has 0 radical (unpaired) electrons. The number of benzene rings is 2. The van der Waals surface area contributed by atoms with Gasteiger partial charge in [0.25, 0.3) is 5.91 Å². The maximum atomic E-state index is 12.5. The summed E-state index contributed by atoms with van der Waals surface area (Å²) in [4.78, 5) is 14.3. The van der Waals surface area contributed by atoms with Crippen LogP contribution in [0.5, 0.6) is 11.5 Å². The van der Waals surface area contributed by atoms with Gasteiger partial charge in [0.1, 0.15) is 6.61 Å². The maximum absolute atomic E-state index is 12.5. The predicted octanol–water partition coefficient (Wildman–Crippen LogP) is 3.28. The van der Waals surface area contributed by atoms with E-state index in [0.717, 1.165) is 31.5 Å². The molecule has 1 amide bonds. The van der Waals surface area contributed by atoms with Gasteiger partial charge < -0.3 is 19.7 Å². The van der Waals surface area contributed by atoms with E-state index in [9.17, 15) is 4.79 Å². The Balaban J connectivity index is 0.00000261. The van der Waals surface area contributed by atoms with Crippen LogP contribution in [0.3, 0.4) is 0 Å². The first-order valence-corrected chi connectivity index (χ1v) is 9.10. The molecule has 146 valence electrons. The Morgan fingerprint density at radius 3 is 2.44 bits per heavy atom. The van der Waals surface area contributed by atoms with Crippen LogP contribution in [-0.2, 0) is 11.4 Å². The average Bonchev–Trinajstić information content (AvgIpc) is 2.72. The molecule has 2 aromatic rings. The Bertz CT molecular complexity index is 712. The van der Waals surface area contributed by atoms with E-state index >= 15 is 0 Å². The number of hydrogen-bond acceptors (Lipinski definition) is 4. The number of likely N-dealkylation sites (tertiary alicyclic amines) is 1. The van der Waals surface area contributed by atoms with Crippen molar-refractivity contribution in [1.82, 2.24) is 10.2 Å². The highest BCUT2D eigenvalue weighted by Crippen LogP contribution is 2.27. The summed E-state index contributed by atoms with van der Waals surface area (Å²) in [5.41, 5.74) is 1.09. The number of likely N-dealkylation sites (N-methyl/N-ethyl adjacent to an activating group) is 1. The molecule has 3 rings (SSSR count). The molecule has 0 aromatic heterocycles. The van der Waals surface area contributed by atoms with Crippen molar-refractivity contribution in [2.24, 2.45) is 0 Å². The summed E-state index contributed by atoms with van der Waals surface area (Å²) in [5, 5.41) is 3.25. The summed E-state index contributed by atoms with van der Waals surface area (Å²) in [6, 6.07) is 17.8. The maximum Gasteiger partial charge on any atom is 0.260 e. The minimum atomic E-state index is 0. The number of nitrogens with zero attached hydrogens (tertiary/aromatic N) is 1. The topological polar surface area (TPSA) is 50.8 Å². The molecule has 0 saturated carbocycles. The first kappa shape index (κ1) is 21.1. The van der Waals surface area contributed by atoms with Crippen LogP contribution < -0.4 is 14.8 Å². The third kappa shape index (κ3) is 6.15. The molecular formula is C21H27ClN2O3. The Hall–Kier alpha value is -2.24. The van der Waals surface area contributed by atoms with Crippen molar-refractivity contribution in [2.45, 2.75) is 25.5 Å². The van der Waals surface area contributed by atoms with E-state index in [2.05, 4.69) is 5.32 Å². The van der Waals surface area contributed by atoms with Crippen LogP contribution in [0.1, 0.15) is 18.4 Å². The summed E-state index contributed by atoms with van der Waals surface area (Å²) in [7, 11) is 1.94. The van der Waals surface area contributed by atoms with Crippen LogP contribution in [0.25, 0.3) is 0 Å². The second-order valence-electron chi connectivity index (χ2n) is 6.48. The van der Waals surface area contributed by atoms with Crippen LogP contribution in [0, 0.1) is 0 Å². The lowest BCUT2D eigenvalue weighted by Crippen LogP contribution is -2.48. The van der Waals surface area contributed by atoms with Crippen molar-refractivity contribution >= 4 is 18.3 Å². The van der Waals surface area contributed by atoms with E-state index in [4.69, 9.17) is 9.47 Å². The monoisotopic (exact) mass is 390 g/mol. The zero-order chi connectivity index (χ0) is 18.2. The third-order valence-corrected chi connectivity index (χ3v) is 4.62. The van der Waals surface area contributed by atoms with E-state index in [1.54, 1.807) is 0 Å². The number of amides is 1. The highest BCUT2D eigenvalue weighted by molar-refractivity contribution is 5.85. The number of para-hydroxylation sites is 2. The summed E-state index contributed by atoms with van der Waals surface area (Å²) in [5.74, 6) is 1.26. The highest BCUT2D eigenvalue weighted by atomic mass is 35.5. The Morgan fingerprint density at radius 1 is 1.07 bits per heavy atom. The second-order valence-corrected chi connectivity index (χ2v) is 6.48. The van der Waals surface area contributed by atoms with Crippen LogP contribution in [0.2, 0.25) is 0 Å². The van der Waals surface area contributed by atoms with E-state index in [0.29, 0.717) is 24.1 Å². The van der Waals surface area contributed by atoms with Crippen LogP contribution in [0.15, 0.2) is 54.6 Å². The van der Waals surface area contributed by atoms with Gasteiger partial charge >= 0.3 is 0 Å². The molecule has 6 heteroatoms. The molecule has 0 aliphatic carbocycles. The van der Waals surface area contributed by atoms with E-state index in [1.807, 2.05) is 66.5 Å². The first-order valence-electron chi connectivity index (χ1n) is 9.10. The molecule has 1 fully saturated rings. The quantitative estimate of drug-likeness (QED) is 0.788. The van der Waals surface area contributed by atoms with Crippen molar-refractivity contribution < 1.29 is 14.3 Å². The third-order valence-electron chi connectivity index (χ3n) is 4.62. The number of piperidine rings is 1. The average molecular weight is 391 g/mol. The van der Waals surface area contributed by atoms with Gasteiger partial charge in [-0.25, -0.2) is 0 Å². The Morgan fingerprint density at radius 2 is 1.74 bits per heavy atom. The standard InChI is InChI=1S/C21H26N2O3.ClH/c1-22-18-10-7-13-23(14-18)21(24)16-26-20-12-6-5-11-19(20)25-15-17-8-3-2-4-9-17;/h2-6,8-9,11-12,18,22H,7,10,13-16H2,1H3;1H. The fourth-order valence-electron chi connectivity index (χ4n) is 3.09. The molecule has 1 N–H and O–H groups in total. The highest BCUT2D eigenvalue weighted by Gasteiger charge is 2.23. The van der Waals surface area contributed by atoms with Crippen LogP contribution in [0.4, 0.5) is 0 Å². The molecule has 1 heterocycles. The molecule has 2 aromatic carbocycles. The minimum Gasteiger partial charge on any atom is -0.485 e. The van der Waals surface area contributed by atoms with Gasteiger partial charge in [-0.05, 0) is 37.6 Å². The molecule has 1 atom stereocenters. The normalized spacial score (nSPS) is 16.3. The summed E-state index contributed by atoms with van der Waals surface area (Å²) < 4.78 is 11.6. The SMILES string of the molecule is CNC1CCCN(C(=O)COc2ccccc2OCc2ccccc2)C1.Cl. The lowest BCUT2D eigenvalue weighted by Gasteiger charge is -2.32. The summed E-state index contributed by atoms with van der Waals surface area (Å²) in [6.45, 7) is 2.03. The Kier molecular flexibility index (Phi) is 8.43. The number of carbonyl (C=O) groups is 1. The fourth-order valence-corrected chi connectivity index (χ4v) is 3.09. The molecule has 1 aliphatic heterocycles. The van der Waals surface area contributed by atoms with E-state index < -0.39 is 0 Å². The van der Waals surface area contributed by atoms with Gasteiger partial charge in [0.15, 0.2) is 18.1 Å². The summed E-state index contributed by atoms with van der Waals surface area (Å²) >= 11 is 0. The number of carbonyl (C=O) groups excluding carboxylic acids is 1. The molecule has 1 saturated heterocycles. The van der Waals surface area contributed by atoms with Crippen molar-refractivity contribution in [3.63, 3.8) is 0 Å². The van der Waals surface area contributed by atoms with Crippen molar-refractivity contribution in [3.8, 4) is 11.5 Å². The van der Waals surface area contributed by atoms with Crippen molar-refractivity contribution in [1.29, 1.82) is 0 Å². The second kappa shape index (κ2) is 10.8. The zero-order valence-electron chi connectivity index (χ0n) is 15.6. The molecule has 0 spiro atoms. The zero-order valence-corrected chi connectivity index (χ0v) is 16.4. The van der Waals surface area contributed by atoms with Gasteiger partial charge in [0.2, 0.25) is 0 Å². The minimum absolute atomic E-state index is 0.